The third-order valence-electron chi connectivity index (χ3n) is 5.04. The first-order chi connectivity index (χ1) is 10.6. The van der Waals surface area contributed by atoms with E-state index in [-0.39, 0.29) is 0 Å². The molecule has 0 saturated heterocycles. The quantitative estimate of drug-likeness (QED) is 0.202. The molecule has 0 heterocycles. The third kappa shape index (κ3) is 11.1. The van der Waals surface area contributed by atoms with Crippen LogP contribution in [0.2, 0.25) is 17.7 Å². The Labute approximate surface area is 145 Å². The van der Waals surface area contributed by atoms with Gasteiger partial charge in [-0.15, -0.1) is 0 Å². The van der Waals surface area contributed by atoms with Gasteiger partial charge in [0, 0.05) is 0 Å². The number of hydrogen-bond acceptors (Lipinski definition) is 1. The average Bonchev–Trinajstić information content (AvgIpc) is 2.55. The molecule has 0 fully saturated rings. The van der Waals surface area contributed by atoms with Crippen LogP contribution in [0.5, 0.6) is 0 Å². The van der Waals surface area contributed by atoms with Crippen molar-refractivity contribution in [3.8, 4) is 0 Å². The Bertz CT molecular complexity index is 241. The molecule has 0 amide bonds. The van der Waals surface area contributed by atoms with E-state index in [2.05, 4.69) is 39.8 Å². The molecular weight excluding hydrogens is 375 g/mol. The summed E-state index contributed by atoms with van der Waals surface area (Å²) >= 11 is -1.90. The van der Waals surface area contributed by atoms with Crippen LogP contribution in [-0.2, 0) is 4.74 Å². The van der Waals surface area contributed by atoms with Gasteiger partial charge in [-0.25, -0.2) is 0 Å². The second-order valence-corrected chi connectivity index (χ2v) is 21.1. The predicted octanol–water partition coefficient (Wildman–Crippen LogP) is 7.21. The number of methoxy groups -OCH3 is 1. The van der Waals surface area contributed by atoms with Gasteiger partial charge in [-0.1, -0.05) is 0 Å². The second kappa shape index (κ2) is 15.1. The van der Waals surface area contributed by atoms with Crippen molar-refractivity contribution in [1.29, 1.82) is 0 Å². The average molecular weight is 417 g/mol. The van der Waals surface area contributed by atoms with E-state index in [0.29, 0.717) is 6.10 Å². The van der Waals surface area contributed by atoms with E-state index < -0.39 is 18.4 Å². The Balaban J connectivity index is 4.53. The standard InChI is InChI=1S/C8H15O.3C4H9.Sn/c1-4-5-6-7-8(2)9-3;3*1-3-4-2;/h4-5,8H,1,6-7H2,2-3H3;3*1,3-4H2,2H3;/b5-4+;;;;/t8-;;;;/m1..../s1. The van der Waals surface area contributed by atoms with Crippen molar-refractivity contribution in [1.82, 2.24) is 0 Å². The van der Waals surface area contributed by atoms with E-state index in [4.69, 9.17) is 4.74 Å². The summed E-state index contributed by atoms with van der Waals surface area (Å²) in [5, 5.41) is 0. The van der Waals surface area contributed by atoms with E-state index in [1.165, 1.54) is 49.4 Å². The van der Waals surface area contributed by atoms with Gasteiger partial charge in [0.2, 0.25) is 0 Å². The second-order valence-electron chi connectivity index (χ2n) is 7.11. The zero-order valence-electron chi connectivity index (χ0n) is 16.1. The maximum absolute atomic E-state index is 5.34. The molecule has 0 aliphatic carbocycles. The fraction of sp³-hybridized carbons (Fsp3) is 0.900. The van der Waals surface area contributed by atoms with E-state index in [9.17, 15) is 0 Å². The topological polar surface area (TPSA) is 9.23 Å². The Hall–Kier alpha value is 0.499. The summed E-state index contributed by atoms with van der Waals surface area (Å²) in [6.45, 7) is 9.25. The van der Waals surface area contributed by atoms with Crippen LogP contribution in [0.4, 0.5) is 0 Å². The molecule has 1 nitrogen and oxygen atoms in total. The molecule has 0 bridgehead atoms. The van der Waals surface area contributed by atoms with Crippen LogP contribution in [0.3, 0.4) is 0 Å². The minimum atomic E-state index is -1.90. The first-order valence-corrected chi connectivity index (χ1v) is 17.9. The predicted molar refractivity (Wildman–Crippen MR) is 105 cm³/mol. The SMILES string of the molecule is CCC[CH2][Sn]([CH2]/C=C/CC[C@@H](C)OC)([CH2]CCC)[CH2]CCC. The summed E-state index contributed by atoms with van der Waals surface area (Å²) in [4.78, 5) is 0. The molecule has 0 unspecified atom stereocenters. The van der Waals surface area contributed by atoms with Crippen LogP contribution in [0.25, 0.3) is 0 Å². The first kappa shape index (κ1) is 22.5. The summed E-state index contributed by atoms with van der Waals surface area (Å²) in [6, 6.07) is 0. The van der Waals surface area contributed by atoms with Gasteiger partial charge < -0.3 is 0 Å². The molecule has 0 rings (SSSR count). The van der Waals surface area contributed by atoms with Crippen molar-refractivity contribution in [3.05, 3.63) is 12.2 Å². The van der Waals surface area contributed by atoms with Crippen molar-refractivity contribution in [2.75, 3.05) is 7.11 Å². The normalized spacial score (nSPS) is 13.9. The number of unbranched alkanes of at least 4 members (excludes halogenated alkanes) is 3. The molecule has 0 aliphatic rings. The van der Waals surface area contributed by atoms with Crippen LogP contribution < -0.4 is 0 Å². The summed E-state index contributed by atoms with van der Waals surface area (Å²) in [7, 11) is 1.82. The Morgan fingerprint density at radius 3 is 1.77 bits per heavy atom. The number of hydrogen-bond donors (Lipinski definition) is 0. The Kier molecular flexibility index (Phi) is 15.4. The molecule has 0 saturated carbocycles. The van der Waals surface area contributed by atoms with Crippen LogP contribution in [0, 0.1) is 0 Å². The molecule has 0 aliphatic heterocycles. The summed E-state index contributed by atoms with van der Waals surface area (Å²) in [5.74, 6) is 0. The molecule has 132 valence electrons. The van der Waals surface area contributed by atoms with Gasteiger partial charge in [0.1, 0.15) is 0 Å². The van der Waals surface area contributed by atoms with Crippen molar-refractivity contribution >= 4 is 18.4 Å². The summed E-state index contributed by atoms with van der Waals surface area (Å²) in [5.41, 5.74) is 0. The Morgan fingerprint density at radius 1 is 0.864 bits per heavy atom. The maximum atomic E-state index is 5.34. The van der Waals surface area contributed by atoms with Gasteiger partial charge in [0.15, 0.2) is 0 Å². The van der Waals surface area contributed by atoms with Gasteiger partial charge in [0.25, 0.3) is 0 Å². The molecular formula is C20H42OSn. The van der Waals surface area contributed by atoms with Crippen molar-refractivity contribution in [3.63, 3.8) is 0 Å². The number of rotatable bonds is 15. The van der Waals surface area contributed by atoms with Gasteiger partial charge in [0.05, 0.1) is 0 Å². The van der Waals surface area contributed by atoms with E-state index in [1.807, 2.05) is 7.11 Å². The van der Waals surface area contributed by atoms with Crippen LogP contribution >= 0.6 is 0 Å². The van der Waals surface area contributed by atoms with E-state index in [0.717, 1.165) is 6.42 Å². The number of ether oxygens (including phenoxy) is 1. The third-order valence-corrected chi connectivity index (χ3v) is 20.3. The molecule has 0 aromatic rings. The fourth-order valence-corrected chi connectivity index (χ4v) is 18.5. The van der Waals surface area contributed by atoms with E-state index in [1.54, 1.807) is 13.3 Å². The summed E-state index contributed by atoms with van der Waals surface area (Å²) in [6.07, 6.45) is 16.4. The van der Waals surface area contributed by atoms with Gasteiger partial charge in [-0.2, -0.15) is 0 Å². The first-order valence-electron chi connectivity index (χ1n) is 9.81. The molecule has 22 heavy (non-hydrogen) atoms. The van der Waals surface area contributed by atoms with Crippen LogP contribution in [0.1, 0.15) is 79.1 Å². The monoisotopic (exact) mass is 418 g/mol. The van der Waals surface area contributed by atoms with Crippen LogP contribution in [-0.4, -0.2) is 31.6 Å². The molecule has 0 spiro atoms. The van der Waals surface area contributed by atoms with E-state index >= 15 is 0 Å². The number of allylic oxidation sites excluding steroid dienone is 2. The van der Waals surface area contributed by atoms with Crippen LogP contribution in [0.15, 0.2) is 12.2 Å². The fourth-order valence-electron chi connectivity index (χ4n) is 3.24. The molecule has 0 radical (unpaired) electrons. The summed E-state index contributed by atoms with van der Waals surface area (Å²) < 4.78 is 11.7. The molecule has 2 heteroatoms. The zero-order chi connectivity index (χ0) is 16.7. The van der Waals surface area contributed by atoms with Crippen molar-refractivity contribution in [2.45, 2.75) is 103 Å². The van der Waals surface area contributed by atoms with Gasteiger partial charge in [-0.05, 0) is 0 Å². The van der Waals surface area contributed by atoms with Gasteiger partial charge >= 0.3 is 145 Å². The van der Waals surface area contributed by atoms with Crippen molar-refractivity contribution in [2.24, 2.45) is 0 Å². The molecule has 0 aromatic heterocycles. The molecule has 0 aromatic carbocycles. The molecule has 0 N–H and O–H groups in total. The van der Waals surface area contributed by atoms with Crippen molar-refractivity contribution < 1.29 is 4.74 Å². The minimum absolute atomic E-state index is 0.401. The molecule has 1 atom stereocenters. The zero-order valence-corrected chi connectivity index (χ0v) is 19.0. The Morgan fingerprint density at radius 2 is 1.36 bits per heavy atom. The van der Waals surface area contributed by atoms with Gasteiger partial charge in [-0.3, -0.25) is 0 Å².